The molecule has 2 heterocycles. The highest BCUT2D eigenvalue weighted by Crippen LogP contribution is 2.22. The van der Waals surface area contributed by atoms with Crippen LogP contribution < -0.4 is 4.74 Å². The zero-order chi connectivity index (χ0) is 20.3. The van der Waals surface area contributed by atoms with Crippen LogP contribution in [0.1, 0.15) is 28.7 Å². The number of hydrogen-bond acceptors (Lipinski definition) is 6. The summed E-state index contributed by atoms with van der Waals surface area (Å²) in [6.45, 7) is 4.82. The summed E-state index contributed by atoms with van der Waals surface area (Å²) in [5.41, 5.74) is 2.09. The highest BCUT2D eigenvalue weighted by Gasteiger charge is 2.21. The second kappa shape index (κ2) is 8.35. The number of carbonyl (C=O) groups excluding carboxylic acids is 2. The lowest BCUT2D eigenvalue weighted by molar-refractivity contribution is -0.149. The van der Waals surface area contributed by atoms with E-state index in [1.54, 1.807) is 12.3 Å². The molecule has 0 saturated carbocycles. The molecule has 8 heteroatoms. The fourth-order valence-electron chi connectivity index (χ4n) is 2.76. The molecule has 0 radical (unpaired) electrons. The SMILES string of the molecule is Cc1cc(C(=O)COC(=O)[C@@H](C)Oc2ccc(F)cc2)c(C)n1-c1nccs1. The van der Waals surface area contributed by atoms with E-state index in [9.17, 15) is 14.0 Å². The summed E-state index contributed by atoms with van der Waals surface area (Å²) in [6.07, 6.45) is 0.769. The van der Waals surface area contributed by atoms with Crippen molar-refractivity contribution in [2.24, 2.45) is 0 Å². The number of rotatable bonds is 7. The molecule has 0 N–H and O–H groups in total. The van der Waals surface area contributed by atoms with E-state index in [1.807, 2.05) is 23.8 Å². The first-order valence-electron chi connectivity index (χ1n) is 8.57. The van der Waals surface area contributed by atoms with Gasteiger partial charge in [-0.15, -0.1) is 11.3 Å². The van der Waals surface area contributed by atoms with Gasteiger partial charge in [-0.3, -0.25) is 9.36 Å². The highest BCUT2D eigenvalue weighted by atomic mass is 32.1. The Kier molecular flexibility index (Phi) is 5.89. The fraction of sp³-hybridized carbons (Fsp3) is 0.250. The number of ether oxygens (including phenoxy) is 2. The van der Waals surface area contributed by atoms with E-state index in [0.717, 1.165) is 16.5 Å². The van der Waals surface area contributed by atoms with Gasteiger partial charge in [0, 0.05) is 28.5 Å². The number of ketones is 1. The van der Waals surface area contributed by atoms with E-state index in [2.05, 4.69) is 4.98 Å². The molecule has 3 rings (SSSR count). The number of aromatic nitrogens is 2. The minimum atomic E-state index is -0.930. The summed E-state index contributed by atoms with van der Waals surface area (Å²) >= 11 is 1.47. The lowest BCUT2D eigenvalue weighted by atomic mass is 10.1. The first-order valence-corrected chi connectivity index (χ1v) is 9.45. The van der Waals surface area contributed by atoms with Gasteiger partial charge in [-0.1, -0.05) is 0 Å². The molecule has 146 valence electrons. The van der Waals surface area contributed by atoms with Crippen LogP contribution in [-0.2, 0) is 9.53 Å². The largest absolute Gasteiger partial charge is 0.479 e. The molecule has 1 atom stereocenters. The topological polar surface area (TPSA) is 70.4 Å². The van der Waals surface area contributed by atoms with Crippen LogP contribution >= 0.6 is 11.3 Å². The average Bonchev–Trinajstić information content (AvgIpc) is 3.29. The molecule has 0 amide bonds. The second-order valence-electron chi connectivity index (χ2n) is 6.18. The number of carbonyl (C=O) groups is 2. The minimum Gasteiger partial charge on any atom is -0.479 e. The molecular formula is C20H19FN2O4S. The molecule has 0 unspecified atom stereocenters. The first kappa shape index (κ1) is 19.8. The number of halogens is 1. The van der Waals surface area contributed by atoms with Gasteiger partial charge in [0.15, 0.2) is 17.8 Å². The Bertz CT molecular complexity index is 981. The molecule has 0 spiro atoms. The highest BCUT2D eigenvalue weighted by molar-refractivity contribution is 7.12. The molecular weight excluding hydrogens is 383 g/mol. The zero-order valence-electron chi connectivity index (χ0n) is 15.6. The Balaban J connectivity index is 1.61. The van der Waals surface area contributed by atoms with Crippen LogP contribution in [0.15, 0.2) is 41.9 Å². The van der Waals surface area contributed by atoms with Gasteiger partial charge in [0.25, 0.3) is 0 Å². The summed E-state index contributed by atoms with van der Waals surface area (Å²) < 4.78 is 25.3. The van der Waals surface area contributed by atoms with Gasteiger partial charge in [-0.25, -0.2) is 14.2 Å². The molecule has 0 fully saturated rings. The maximum atomic E-state index is 12.9. The van der Waals surface area contributed by atoms with Crippen molar-refractivity contribution in [3.8, 4) is 10.9 Å². The molecule has 0 bridgehead atoms. The molecule has 28 heavy (non-hydrogen) atoms. The Morgan fingerprint density at radius 1 is 1.25 bits per heavy atom. The molecule has 3 aromatic rings. The van der Waals surface area contributed by atoms with Crippen LogP contribution in [0.4, 0.5) is 4.39 Å². The van der Waals surface area contributed by atoms with E-state index in [1.165, 1.54) is 42.5 Å². The monoisotopic (exact) mass is 402 g/mol. The van der Waals surface area contributed by atoms with E-state index in [-0.39, 0.29) is 5.78 Å². The lowest BCUT2D eigenvalue weighted by Gasteiger charge is -2.13. The van der Waals surface area contributed by atoms with Crippen LogP contribution in [-0.4, -0.2) is 34.0 Å². The predicted octanol–water partition coefficient (Wildman–Crippen LogP) is 3.88. The van der Waals surface area contributed by atoms with Crippen molar-refractivity contribution in [2.75, 3.05) is 6.61 Å². The quantitative estimate of drug-likeness (QED) is 0.443. The van der Waals surface area contributed by atoms with Gasteiger partial charge in [0.05, 0.1) is 0 Å². The van der Waals surface area contributed by atoms with Gasteiger partial charge in [0.1, 0.15) is 11.6 Å². The summed E-state index contributed by atoms with van der Waals surface area (Å²) in [5, 5.41) is 2.63. The van der Waals surface area contributed by atoms with Crippen LogP contribution in [0.2, 0.25) is 0 Å². The number of aryl methyl sites for hydroxylation is 1. The van der Waals surface area contributed by atoms with Gasteiger partial charge in [-0.2, -0.15) is 0 Å². The van der Waals surface area contributed by atoms with Crippen LogP contribution in [0.5, 0.6) is 5.75 Å². The van der Waals surface area contributed by atoms with Gasteiger partial charge in [0.2, 0.25) is 5.78 Å². The maximum absolute atomic E-state index is 12.9. The van der Waals surface area contributed by atoms with E-state index in [0.29, 0.717) is 11.3 Å². The van der Waals surface area contributed by atoms with Crippen molar-refractivity contribution in [2.45, 2.75) is 26.9 Å². The average molecular weight is 402 g/mol. The molecule has 0 aliphatic carbocycles. The number of benzene rings is 1. The van der Waals surface area contributed by atoms with Gasteiger partial charge in [-0.05, 0) is 51.1 Å². The molecule has 0 saturated heterocycles. The van der Waals surface area contributed by atoms with Crippen LogP contribution in [0.25, 0.3) is 5.13 Å². The summed E-state index contributed by atoms with van der Waals surface area (Å²) in [5.74, 6) is -1.04. The molecule has 0 aliphatic rings. The van der Waals surface area contributed by atoms with Crippen molar-refractivity contribution in [3.63, 3.8) is 0 Å². The van der Waals surface area contributed by atoms with E-state index >= 15 is 0 Å². The van der Waals surface area contributed by atoms with E-state index in [4.69, 9.17) is 9.47 Å². The Hall–Kier alpha value is -3.00. The first-order chi connectivity index (χ1) is 13.4. The molecule has 2 aromatic heterocycles. The molecule has 0 aliphatic heterocycles. The third kappa shape index (κ3) is 4.28. The van der Waals surface area contributed by atoms with Crippen molar-refractivity contribution in [1.29, 1.82) is 0 Å². The minimum absolute atomic E-state index is 0.307. The lowest BCUT2D eigenvalue weighted by Crippen LogP contribution is -2.28. The number of thiazole rings is 1. The fourth-order valence-corrected chi connectivity index (χ4v) is 3.51. The summed E-state index contributed by atoms with van der Waals surface area (Å²) in [6, 6.07) is 7.05. The normalized spacial score (nSPS) is 11.9. The summed E-state index contributed by atoms with van der Waals surface area (Å²) in [4.78, 5) is 28.9. The number of nitrogens with zero attached hydrogens (tertiary/aromatic N) is 2. The van der Waals surface area contributed by atoms with Crippen molar-refractivity contribution in [3.05, 3.63) is 64.7 Å². The summed E-state index contributed by atoms with van der Waals surface area (Å²) in [7, 11) is 0. The Morgan fingerprint density at radius 3 is 2.61 bits per heavy atom. The smallest absolute Gasteiger partial charge is 0.347 e. The second-order valence-corrected chi connectivity index (χ2v) is 7.05. The molecule has 1 aromatic carbocycles. The van der Waals surface area contributed by atoms with Gasteiger partial charge < -0.3 is 9.47 Å². The third-order valence-electron chi connectivity index (χ3n) is 4.15. The number of Topliss-reactive ketones (excluding diaryl/α,β-unsaturated/α-hetero) is 1. The third-order valence-corrected chi connectivity index (χ3v) is 4.90. The maximum Gasteiger partial charge on any atom is 0.347 e. The van der Waals surface area contributed by atoms with Crippen molar-refractivity contribution < 1.29 is 23.5 Å². The standard InChI is InChI=1S/C20H19FN2O4S/c1-12-10-17(13(2)23(12)20-22-8-9-28-20)18(24)11-26-19(25)14(3)27-16-6-4-15(21)5-7-16/h4-10,14H,11H2,1-3H3/t14-/m1/s1. The number of esters is 1. The van der Waals surface area contributed by atoms with Crippen molar-refractivity contribution in [1.82, 2.24) is 9.55 Å². The Morgan fingerprint density at radius 2 is 1.96 bits per heavy atom. The Labute approximate surface area is 165 Å². The van der Waals surface area contributed by atoms with Crippen LogP contribution in [0, 0.1) is 19.7 Å². The molecule has 6 nitrogen and oxygen atoms in total. The van der Waals surface area contributed by atoms with Crippen LogP contribution in [0.3, 0.4) is 0 Å². The zero-order valence-corrected chi connectivity index (χ0v) is 16.5. The van der Waals surface area contributed by atoms with E-state index < -0.39 is 24.5 Å². The predicted molar refractivity (Wildman–Crippen MR) is 103 cm³/mol. The van der Waals surface area contributed by atoms with Crippen molar-refractivity contribution >= 4 is 23.1 Å². The number of hydrogen-bond donors (Lipinski definition) is 0. The van der Waals surface area contributed by atoms with Gasteiger partial charge >= 0.3 is 5.97 Å².